The Bertz CT molecular complexity index is 452. The molecule has 0 aromatic heterocycles. The van der Waals surface area contributed by atoms with Gasteiger partial charge in [-0.2, -0.15) is 0 Å². The fraction of sp³-hybridized carbons (Fsp3) is 0.214. The van der Waals surface area contributed by atoms with Crippen LogP contribution in [-0.4, -0.2) is 6.21 Å². The summed E-state index contributed by atoms with van der Waals surface area (Å²) in [6.07, 6.45) is 1.17. The van der Waals surface area contributed by atoms with Gasteiger partial charge in [0.15, 0.2) is 0 Å². The summed E-state index contributed by atoms with van der Waals surface area (Å²) < 4.78 is 13.1. The second-order valence-electron chi connectivity index (χ2n) is 4.04. The van der Waals surface area contributed by atoms with Crippen LogP contribution in [-0.2, 0) is 0 Å². The lowest BCUT2D eigenvalue weighted by atomic mass is 10.2. The van der Waals surface area contributed by atoms with Crippen molar-refractivity contribution in [3.63, 3.8) is 0 Å². The van der Waals surface area contributed by atoms with Crippen LogP contribution < -0.4 is 5.32 Å². The number of allylic oxidation sites excluding steroid dienone is 2. The molecule has 3 heteroatoms. The number of anilines is 1. The zero-order valence-corrected chi connectivity index (χ0v) is 10.4. The zero-order valence-electron chi connectivity index (χ0n) is 10.4. The first-order valence-electron chi connectivity index (χ1n) is 5.38. The minimum atomic E-state index is -0.336. The highest BCUT2D eigenvalue weighted by atomic mass is 19.1. The molecule has 0 spiro atoms. The Morgan fingerprint density at radius 2 is 1.88 bits per heavy atom. The molecule has 0 amide bonds. The van der Waals surface area contributed by atoms with Gasteiger partial charge >= 0.3 is 0 Å². The van der Waals surface area contributed by atoms with Gasteiger partial charge in [0.2, 0.25) is 0 Å². The van der Waals surface area contributed by atoms with Crippen molar-refractivity contribution in [2.45, 2.75) is 20.8 Å². The molecule has 90 valence electrons. The van der Waals surface area contributed by atoms with E-state index in [1.54, 1.807) is 13.8 Å². The normalized spacial score (nSPS) is 10.4. The predicted octanol–water partition coefficient (Wildman–Crippen LogP) is 4.21. The van der Waals surface area contributed by atoms with E-state index in [0.717, 1.165) is 5.69 Å². The van der Waals surface area contributed by atoms with Crippen LogP contribution in [0.3, 0.4) is 0 Å². The Balaban J connectivity index is 2.62. The van der Waals surface area contributed by atoms with Crippen LogP contribution in [0.15, 0.2) is 53.1 Å². The highest BCUT2D eigenvalue weighted by Crippen LogP contribution is 2.11. The lowest BCUT2D eigenvalue weighted by Gasteiger charge is -2.05. The Labute approximate surface area is 102 Å². The van der Waals surface area contributed by atoms with Crippen molar-refractivity contribution in [3.8, 4) is 0 Å². The van der Waals surface area contributed by atoms with E-state index in [1.807, 2.05) is 31.2 Å². The second-order valence-corrected chi connectivity index (χ2v) is 4.04. The lowest BCUT2D eigenvalue weighted by Crippen LogP contribution is -1.96. The number of halogens is 1. The number of hydrogen-bond donors (Lipinski definition) is 1. The third kappa shape index (κ3) is 4.64. The van der Waals surface area contributed by atoms with E-state index >= 15 is 0 Å². The number of rotatable bonds is 4. The first-order chi connectivity index (χ1) is 7.99. The van der Waals surface area contributed by atoms with Crippen LogP contribution in [0.4, 0.5) is 10.1 Å². The standard InChI is InChI=1S/C14H17FN2/c1-10(2)14(15)9-16-12(4)17-13-7-5-11(3)6-8-13/h5-9,17H,4H2,1-3H3/b16-9-. The molecule has 0 saturated carbocycles. The number of benzene rings is 1. The summed E-state index contributed by atoms with van der Waals surface area (Å²) in [4.78, 5) is 3.90. The molecular weight excluding hydrogens is 215 g/mol. The summed E-state index contributed by atoms with van der Waals surface area (Å²) in [6.45, 7) is 9.10. The summed E-state index contributed by atoms with van der Waals surface area (Å²) in [5.74, 6) is 0.0714. The van der Waals surface area contributed by atoms with Gasteiger partial charge in [0.25, 0.3) is 0 Å². The van der Waals surface area contributed by atoms with Crippen LogP contribution >= 0.6 is 0 Å². The third-order valence-electron chi connectivity index (χ3n) is 2.15. The minimum absolute atomic E-state index is 0.336. The van der Waals surface area contributed by atoms with Gasteiger partial charge in [-0.3, -0.25) is 0 Å². The van der Waals surface area contributed by atoms with E-state index in [4.69, 9.17) is 0 Å². The SMILES string of the molecule is C=C(/N=C\C(F)=C(C)C)Nc1ccc(C)cc1. The molecule has 0 heterocycles. The molecule has 1 aromatic rings. The van der Waals surface area contributed by atoms with Gasteiger partial charge in [-0.15, -0.1) is 0 Å². The van der Waals surface area contributed by atoms with Crippen LogP contribution in [0.25, 0.3) is 0 Å². The summed E-state index contributed by atoms with van der Waals surface area (Å²) in [7, 11) is 0. The van der Waals surface area contributed by atoms with Crippen LogP contribution in [0.5, 0.6) is 0 Å². The largest absolute Gasteiger partial charge is 0.341 e. The molecule has 0 aliphatic carbocycles. The molecule has 0 atom stereocenters. The Hall–Kier alpha value is -1.90. The van der Waals surface area contributed by atoms with Crippen molar-refractivity contribution in [2.24, 2.45) is 4.99 Å². The van der Waals surface area contributed by atoms with Gasteiger partial charge in [-0.25, -0.2) is 9.38 Å². The smallest absolute Gasteiger partial charge is 0.140 e. The van der Waals surface area contributed by atoms with Crippen molar-refractivity contribution in [3.05, 3.63) is 53.6 Å². The molecule has 1 rings (SSSR count). The molecule has 0 aliphatic rings. The van der Waals surface area contributed by atoms with E-state index in [9.17, 15) is 4.39 Å². The van der Waals surface area contributed by atoms with Crippen molar-refractivity contribution >= 4 is 11.9 Å². The fourth-order valence-corrected chi connectivity index (χ4v) is 1.10. The molecular formula is C14H17FN2. The second kappa shape index (κ2) is 5.99. The molecule has 0 radical (unpaired) electrons. The maximum absolute atomic E-state index is 13.1. The quantitative estimate of drug-likeness (QED) is 0.772. The van der Waals surface area contributed by atoms with Gasteiger partial charge < -0.3 is 5.32 Å². The van der Waals surface area contributed by atoms with E-state index in [0.29, 0.717) is 11.4 Å². The molecule has 0 aliphatic heterocycles. The van der Waals surface area contributed by atoms with Crippen molar-refractivity contribution < 1.29 is 4.39 Å². The first kappa shape index (κ1) is 13.2. The molecule has 0 saturated heterocycles. The van der Waals surface area contributed by atoms with Crippen molar-refractivity contribution in [2.75, 3.05) is 5.32 Å². The monoisotopic (exact) mass is 232 g/mol. The summed E-state index contributed by atoms with van der Waals surface area (Å²) in [5.41, 5.74) is 2.66. The summed E-state index contributed by atoms with van der Waals surface area (Å²) >= 11 is 0. The molecule has 17 heavy (non-hydrogen) atoms. The van der Waals surface area contributed by atoms with E-state index in [1.165, 1.54) is 11.8 Å². The molecule has 0 unspecified atom stereocenters. The molecule has 1 aromatic carbocycles. The highest BCUT2D eigenvalue weighted by molar-refractivity contribution is 5.77. The number of aliphatic imine (C=N–C) groups is 1. The zero-order chi connectivity index (χ0) is 12.8. The molecule has 2 nitrogen and oxygen atoms in total. The Morgan fingerprint density at radius 3 is 2.41 bits per heavy atom. The number of aryl methyl sites for hydroxylation is 1. The first-order valence-corrected chi connectivity index (χ1v) is 5.38. The Kier molecular flexibility index (Phi) is 4.64. The van der Waals surface area contributed by atoms with E-state index < -0.39 is 0 Å². The van der Waals surface area contributed by atoms with Crippen molar-refractivity contribution in [1.29, 1.82) is 0 Å². The van der Waals surface area contributed by atoms with Crippen LogP contribution in [0, 0.1) is 6.92 Å². The van der Waals surface area contributed by atoms with E-state index in [2.05, 4.69) is 16.9 Å². The topological polar surface area (TPSA) is 24.4 Å². The van der Waals surface area contributed by atoms with Gasteiger partial charge in [0.05, 0.1) is 6.21 Å². The highest BCUT2D eigenvalue weighted by Gasteiger charge is 1.95. The third-order valence-corrected chi connectivity index (χ3v) is 2.15. The number of nitrogens with one attached hydrogen (secondary N) is 1. The lowest BCUT2D eigenvalue weighted by molar-refractivity contribution is 0.673. The average molecular weight is 232 g/mol. The van der Waals surface area contributed by atoms with Gasteiger partial charge in [-0.1, -0.05) is 24.3 Å². The number of hydrogen-bond acceptors (Lipinski definition) is 2. The summed E-state index contributed by atoms with van der Waals surface area (Å²) in [5, 5.41) is 2.98. The predicted molar refractivity (Wildman–Crippen MR) is 71.9 cm³/mol. The maximum Gasteiger partial charge on any atom is 0.140 e. The van der Waals surface area contributed by atoms with Crippen LogP contribution in [0.1, 0.15) is 19.4 Å². The van der Waals surface area contributed by atoms with Gasteiger partial charge in [0.1, 0.15) is 11.6 Å². The fourth-order valence-electron chi connectivity index (χ4n) is 1.10. The molecule has 0 bridgehead atoms. The maximum atomic E-state index is 13.1. The average Bonchev–Trinajstić information content (AvgIpc) is 2.29. The number of nitrogens with zero attached hydrogens (tertiary/aromatic N) is 1. The van der Waals surface area contributed by atoms with Crippen molar-refractivity contribution in [1.82, 2.24) is 0 Å². The van der Waals surface area contributed by atoms with Crippen LogP contribution in [0.2, 0.25) is 0 Å². The molecule has 0 fully saturated rings. The van der Waals surface area contributed by atoms with E-state index in [-0.39, 0.29) is 5.83 Å². The Morgan fingerprint density at radius 1 is 1.29 bits per heavy atom. The molecule has 1 N–H and O–H groups in total. The van der Waals surface area contributed by atoms with Gasteiger partial charge in [-0.05, 0) is 38.5 Å². The minimum Gasteiger partial charge on any atom is -0.341 e. The summed E-state index contributed by atoms with van der Waals surface area (Å²) in [6, 6.07) is 7.81. The van der Waals surface area contributed by atoms with Gasteiger partial charge in [0, 0.05) is 5.69 Å².